The number of nitrogens with one attached hydrogen (secondary N) is 2. The fourth-order valence-electron chi connectivity index (χ4n) is 3.24. The Hall–Kier alpha value is -3.35. The van der Waals surface area contributed by atoms with Crippen LogP contribution in [0.5, 0.6) is 0 Å². The molecule has 0 unspecified atom stereocenters. The number of rotatable bonds is 7. The van der Waals surface area contributed by atoms with E-state index in [1.54, 1.807) is 18.2 Å². The van der Waals surface area contributed by atoms with E-state index in [-0.39, 0.29) is 5.91 Å². The molecule has 7 heteroatoms. The minimum atomic E-state index is -0.445. The second kappa shape index (κ2) is 9.73. The molecular weight excluding hydrogens is 366 g/mol. The Morgan fingerprint density at radius 1 is 1.14 bits per heavy atom. The number of hydrogen-bond donors (Lipinski definition) is 3. The lowest BCUT2D eigenvalue weighted by molar-refractivity contribution is -0.117. The summed E-state index contributed by atoms with van der Waals surface area (Å²) in [6, 6.07) is 15.2. The molecule has 0 radical (unpaired) electrons. The molecule has 7 nitrogen and oxygen atoms in total. The minimum absolute atomic E-state index is 0.192. The van der Waals surface area contributed by atoms with Gasteiger partial charge in [-0.25, -0.2) is 4.99 Å². The summed E-state index contributed by atoms with van der Waals surface area (Å²) in [7, 11) is 0. The second-order valence-electron chi connectivity index (χ2n) is 6.93. The van der Waals surface area contributed by atoms with Crippen molar-refractivity contribution in [1.82, 2.24) is 10.6 Å². The van der Waals surface area contributed by atoms with Gasteiger partial charge in [-0.05, 0) is 48.7 Å². The molecule has 2 aromatic carbocycles. The number of aliphatic imine (C=N–C) groups is 1. The first-order valence-corrected chi connectivity index (χ1v) is 9.87. The van der Waals surface area contributed by atoms with Crippen molar-refractivity contribution in [2.45, 2.75) is 32.9 Å². The van der Waals surface area contributed by atoms with Crippen LogP contribution in [0.3, 0.4) is 0 Å². The van der Waals surface area contributed by atoms with E-state index < -0.39 is 5.91 Å². The van der Waals surface area contributed by atoms with Gasteiger partial charge in [-0.15, -0.1) is 0 Å². The molecule has 0 saturated carbocycles. The summed E-state index contributed by atoms with van der Waals surface area (Å²) in [5.41, 5.74) is 8.78. The molecule has 1 fully saturated rings. The zero-order valence-corrected chi connectivity index (χ0v) is 16.6. The van der Waals surface area contributed by atoms with Crippen LogP contribution in [-0.4, -0.2) is 30.9 Å². The van der Waals surface area contributed by atoms with Gasteiger partial charge in [0, 0.05) is 37.3 Å². The summed E-state index contributed by atoms with van der Waals surface area (Å²) in [5, 5.41) is 6.53. The topological polar surface area (TPSA) is 99.8 Å². The number of primary amides is 1. The molecule has 0 spiro atoms. The lowest BCUT2D eigenvalue weighted by atomic mass is 10.1. The summed E-state index contributed by atoms with van der Waals surface area (Å²) in [5.74, 6) is 0.438. The molecule has 152 valence electrons. The number of benzene rings is 2. The number of guanidine groups is 1. The van der Waals surface area contributed by atoms with E-state index >= 15 is 0 Å². The van der Waals surface area contributed by atoms with Gasteiger partial charge in [0.05, 0.1) is 6.54 Å². The molecule has 2 aromatic rings. The van der Waals surface area contributed by atoms with Gasteiger partial charge >= 0.3 is 0 Å². The molecule has 29 heavy (non-hydrogen) atoms. The van der Waals surface area contributed by atoms with Gasteiger partial charge in [-0.2, -0.15) is 0 Å². The molecular formula is C22H27N5O2. The molecule has 0 atom stereocenters. The molecule has 1 aliphatic heterocycles. The van der Waals surface area contributed by atoms with Crippen LogP contribution in [0.15, 0.2) is 53.5 Å². The maximum absolute atomic E-state index is 11.9. The van der Waals surface area contributed by atoms with Crippen LogP contribution in [0.2, 0.25) is 0 Å². The predicted molar refractivity (Wildman–Crippen MR) is 115 cm³/mol. The standard InChI is InChI=1S/C22H27N5O2/c1-2-24-22(26-15-17-5-3-6-18(13-17)21(23)29)25-14-16-8-10-19(11-9-16)27-12-4-7-20(27)28/h3,5-6,8-11,13H,2,4,7,12,14-15H2,1H3,(H2,23,29)(H2,24,25,26). The zero-order chi connectivity index (χ0) is 20.6. The van der Waals surface area contributed by atoms with Crippen LogP contribution in [-0.2, 0) is 17.9 Å². The van der Waals surface area contributed by atoms with Gasteiger partial charge in [0.1, 0.15) is 0 Å². The van der Waals surface area contributed by atoms with Crippen molar-refractivity contribution in [1.29, 1.82) is 0 Å². The minimum Gasteiger partial charge on any atom is -0.366 e. The number of carbonyl (C=O) groups excluding carboxylic acids is 2. The van der Waals surface area contributed by atoms with Gasteiger partial charge in [-0.3, -0.25) is 9.59 Å². The molecule has 1 aliphatic rings. The number of nitrogens with two attached hydrogens (primary N) is 1. The van der Waals surface area contributed by atoms with Gasteiger partial charge in [0.25, 0.3) is 0 Å². The molecule has 4 N–H and O–H groups in total. The Balaban J connectivity index is 1.60. The summed E-state index contributed by atoms with van der Waals surface area (Å²) in [4.78, 5) is 29.6. The van der Waals surface area contributed by atoms with Crippen molar-refractivity contribution in [3.05, 3.63) is 65.2 Å². The van der Waals surface area contributed by atoms with Crippen LogP contribution in [0, 0.1) is 0 Å². The molecule has 0 bridgehead atoms. The average Bonchev–Trinajstić information content (AvgIpc) is 3.16. The monoisotopic (exact) mass is 393 g/mol. The number of amides is 2. The van der Waals surface area contributed by atoms with Crippen LogP contribution >= 0.6 is 0 Å². The Morgan fingerprint density at radius 3 is 2.59 bits per heavy atom. The van der Waals surface area contributed by atoms with E-state index in [9.17, 15) is 9.59 Å². The third-order valence-corrected chi connectivity index (χ3v) is 4.76. The first-order valence-electron chi connectivity index (χ1n) is 9.87. The van der Waals surface area contributed by atoms with Crippen LogP contribution in [0.4, 0.5) is 5.69 Å². The summed E-state index contributed by atoms with van der Waals surface area (Å²) < 4.78 is 0. The molecule has 0 aliphatic carbocycles. The smallest absolute Gasteiger partial charge is 0.248 e. The zero-order valence-electron chi connectivity index (χ0n) is 16.6. The highest BCUT2D eigenvalue weighted by molar-refractivity contribution is 5.95. The highest BCUT2D eigenvalue weighted by Gasteiger charge is 2.21. The maximum Gasteiger partial charge on any atom is 0.248 e. The summed E-state index contributed by atoms with van der Waals surface area (Å²) in [6.45, 7) is 4.59. The van der Waals surface area contributed by atoms with Crippen molar-refractivity contribution >= 4 is 23.5 Å². The molecule has 1 heterocycles. The highest BCUT2D eigenvalue weighted by atomic mass is 16.2. The van der Waals surface area contributed by atoms with Crippen molar-refractivity contribution in [3.63, 3.8) is 0 Å². The largest absolute Gasteiger partial charge is 0.366 e. The maximum atomic E-state index is 11.9. The number of hydrogen-bond acceptors (Lipinski definition) is 3. The summed E-state index contributed by atoms with van der Waals surface area (Å²) >= 11 is 0. The van der Waals surface area contributed by atoms with E-state index in [1.165, 1.54) is 0 Å². The fraction of sp³-hybridized carbons (Fsp3) is 0.318. The summed E-state index contributed by atoms with van der Waals surface area (Å²) in [6.07, 6.45) is 1.56. The van der Waals surface area contributed by atoms with Gasteiger partial charge < -0.3 is 21.3 Å². The Morgan fingerprint density at radius 2 is 1.93 bits per heavy atom. The first-order chi connectivity index (χ1) is 14.1. The fourth-order valence-corrected chi connectivity index (χ4v) is 3.24. The van der Waals surface area contributed by atoms with E-state index in [0.717, 1.165) is 36.3 Å². The second-order valence-corrected chi connectivity index (χ2v) is 6.93. The Bertz CT molecular complexity index is 892. The van der Waals surface area contributed by atoms with Crippen LogP contribution in [0.1, 0.15) is 41.3 Å². The average molecular weight is 393 g/mol. The Kier molecular flexibility index (Phi) is 6.84. The van der Waals surface area contributed by atoms with Gasteiger partial charge in [0.15, 0.2) is 5.96 Å². The number of nitrogens with zero attached hydrogens (tertiary/aromatic N) is 2. The SMILES string of the molecule is CCNC(=NCc1cccc(C(N)=O)c1)NCc1ccc(N2CCCC2=O)cc1. The van der Waals surface area contributed by atoms with Crippen molar-refractivity contribution in [3.8, 4) is 0 Å². The molecule has 3 rings (SSSR count). The lowest BCUT2D eigenvalue weighted by Gasteiger charge is -2.16. The van der Waals surface area contributed by atoms with Crippen molar-refractivity contribution < 1.29 is 9.59 Å². The van der Waals surface area contributed by atoms with E-state index in [1.807, 2.05) is 42.2 Å². The van der Waals surface area contributed by atoms with E-state index in [4.69, 9.17) is 5.73 Å². The van der Waals surface area contributed by atoms with Crippen molar-refractivity contribution in [2.75, 3.05) is 18.0 Å². The first kappa shape index (κ1) is 20.4. The normalized spacial score (nSPS) is 14.2. The van der Waals surface area contributed by atoms with E-state index in [0.29, 0.717) is 31.0 Å². The number of carbonyl (C=O) groups is 2. The Labute approximate surface area is 171 Å². The molecule has 1 saturated heterocycles. The van der Waals surface area contributed by atoms with Gasteiger partial charge in [-0.1, -0.05) is 24.3 Å². The van der Waals surface area contributed by atoms with Crippen LogP contribution in [0.25, 0.3) is 0 Å². The number of anilines is 1. The lowest BCUT2D eigenvalue weighted by Crippen LogP contribution is -2.36. The van der Waals surface area contributed by atoms with Crippen LogP contribution < -0.4 is 21.3 Å². The third kappa shape index (κ3) is 5.57. The predicted octanol–water partition coefficient (Wildman–Crippen LogP) is 2.17. The quantitative estimate of drug-likeness (QED) is 0.496. The third-order valence-electron chi connectivity index (χ3n) is 4.76. The molecule has 2 amide bonds. The highest BCUT2D eigenvalue weighted by Crippen LogP contribution is 2.21. The van der Waals surface area contributed by atoms with Gasteiger partial charge in [0.2, 0.25) is 11.8 Å². The molecule has 0 aromatic heterocycles. The van der Waals surface area contributed by atoms with E-state index in [2.05, 4.69) is 15.6 Å². The van der Waals surface area contributed by atoms with Crippen molar-refractivity contribution in [2.24, 2.45) is 10.7 Å².